The van der Waals surface area contributed by atoms with E-state index in [1.807, 2.05) is 11.8 Å². The molecule has 5 heteroatoms. The van der Waals surface area contributed by atoms with E-state index in [9.17, 15) is 14.7 Å². The van der Waals surface area contributed by atoms with E-state index in [-0.39, 0.29) is 11.4 Å². The van der Waals surface area contributed by atoms with Crippen LogP contribution in [0, 0.1) is 10.8 Å². The first-order valence-corrected chi connectivity index (χ1v) is 8.07. The molecule has 2 rings (SSSR count). The third-order valence-corrected chi connectivity index (χ3v) is 5.15. The van der Waals surface area contributed by atoms with Gasteiger partial charge in [0.1, 0.15) is 0 Å². The fourth-order valence-corrected chi connectivity index (χ4v) is 3.70. The minimum absolute atomic E-state index is 0.0292. The van der Waals surface area contributed by atoms with Gasteiger partial charge in [0.2, 0.25) is 0 Å². The molecule has 0 aromatic carbocycles. The number of carbonyl (C=O) groups is 2. The van der Waals surface area contributed by atoms with Crippen LogP contribution in [-0.2, 0) is 4.79 Å². The molecule has 0 aromatic heterocycles. The summed E-state index contributed by atoms with van der Waals surface area (Å²) in [4.78, 5) is 28.0. The van der Waals surface area contributed by atoms with Gasteiger partial charge in [-0.05, 0) is 37.5 Å². The standard InChI is InChI=1S/C16H28N2O3/c1-4-16(13(19)20)8-6-10-18(12-16)14(21)17-9-5-7-15(2,3)11-17/h4-12H2,1-3H3,(H,19,20). The molecule has 2 aliphatic rings. The highest BCUT2D eigenvalue weighted by molar-refractivity contribution is 5.79. The number of aliphatic carboxylic acids is 1. The topological polar surface area (TPSA) is 60.9 Å². The number of rotatable bonds is 2. The SMILES string of the molecule is CCC1(C(=O)O)CCCN(C(=O)N2CCCC(C)(C)C2)C1. The molecule has 21 heavy (non-hydrogen) atoms. The molecule has 0 bridgehead atoms. The first-order chi connectivity index (χ1) is 9.80. The average molecular weight is 296 g/mol. The maximum Gasteiger partial charge on any atom is 0.320 e. The number of amides is 2. The summed E-state index contributed by atoms with van der Waals surface area (Å²) in [5, 5.41) is 9.53. The van der Waals surface area contributed by atoms with E-state index in [0.717, 1.165) is 32.4 Å². The summed E-state index contributed by atoms with van der Waals surface area (Å²) < 4.78 is 0. The highest BCUT2D eigenvalue weighted by atomic mass is 16.4. The van der Waals surface area contributed by atoms with Crippen molar-refractivity contribution in [2.45, 2.75) is 52.9 Å². The van der Waals surface area contributed by atoms with Gasteiger partial charge in [-0.2, -0.15) is 0 Å². The molecular formula is C16H28N2O3. The van der Waals surface area contributed by atoms with Crippen molar-refractivity contribution in [2.24, 2.45) is 10.8 Å². The maximum absolute atomic E-state index is 12.7. The molecule has 2 fully saturated rings. The number of piperidine rings is 2. The fourth-order valence-electron chi connectivity index (χ4n) is 3.70. The van der Waals surface area contributed by atoms with E-state index in [2.05, 4.69) is 13.8 Å². The molecule has 0 aromatic rings. The zero-order valence-electron chi connectivity index (χ0n) is 13.5. The van der Waals surface area contributed by atoms with Crippen LogP contribution in [0.15, 0.2) is 0 Å². The molecule has 0 saturated carbocycles. The number of hydrogen-bond acceptors (Lipinski definition) is 2. The fraction of sp³-hybridized carbons (Fsp3) is 0.875. The highest BCUT2D eigenvalue weighted by Gasteiger charge is 2.43. The van der Waals surface area contributed by atoms with Gasteiger partial charge in [-0.1, -0.05) is 20.8 Å². The number of carbonyl (C=O) groups excluding carboxylic acids is 1. The molecule has 0 aliphatic carbocycles. The van der Waals surface area contributed by atoms with Crippen LogP contribution in [0.3, 0.4) is 0 Å². The van der Waals surface area contributed by atoms with Crippen molar-refractivity contribution in [3.63, 3.8) is 0 Å². The molecule has 0 radical (unpaired) electrons. The molecule has 120 valence electrons. The molecule has 5 nitrogen and oxygen atoms in total. The van der Waals surface area contributed by atoms with Crippen LogP contribution >= 0.6 is 0 Å². The van der Waals surface area contributed by atoms with Crippen molar-refractivity contribution in [3.05, 3.63) is 0 Å². The van der Waals surface area contributed by atoms with Crippen LogP contribution in [0.1, 0.15) is 52.9 Å². The van der Waals surface area contributed by atoms with Crippen molar-refractivity contribution in [2.75, 3.05) is 26.2 Å². The predicted octanol–water partition coefficient (Wildman–Crippen LogP) is 2.81. The molecule has 1 N–H and O–H groups in total. The highest BCUT2D eigenvalue weighted by Crippen LogP contribution is 2.35. The lowest BCUT2D eigenvalue weighted by molar-refractivity contribution is -0.152. The summed E-state index contributed by atoms with van der Waals surface area (Å²) in [5.41, 5.74) is -0.586. The van der Waals surface area contributed by atoms with Crippen LogP contribution < -0.4 is 0 Å². The minimum Gasteiger partial charge on any atom is -0.481 e. The number of urea groups is 1. The molecule has 2 heterocycles. The summed E-state index contributed by atoms with van der Waals surface area (Å²) >= 11 is 0. The zero-order valence-corrected chi connectivity index (χ0v) is 13.5. The van der Waals surface area contributed by atoms with E-state index in [1.54, 1.807) is 4.90 Å². The van der Waals surface area contributed by atoms with Crippen molar-refractivity contribution in [1.82, 2.24) is 9.80 Å². The van der Waals surface area contributed by atoms with Gasteiger partial charge in [0.05, 0.1) is 5.41 Å². The van der Waals surface area contributed by atoms with Gasteiger partial charge in [-0.15, -0.1) is 0 Å². The van der Waals surface area contributed by atoms with Crippen LogP contribution in [0.5, 0.6) is 0 Å². The van der Waals surface area contributed by atoms with Crippen molar-refractivity contribution in [3.8, 4) is 0 Å². The molecule has 1 atom stereocenters. The number of carboxylic acid groups (broad SMARTS) is 1. The Balaban J connectivity index is 2.07. The molecule has 1 unspecified atom stereocenters. The largest absolute Gasteiger partial charge is 0.481 e. The summed E-state index contributed by atoms with van der Waals surface area (Å²) in [6.45, 7) is 8.90. The van der Waals surface area contributed by atoms with Gasteiger partial charge < -0.3 is 14.9 Å². The summed E-state index contributed by atoms with van der Waals surface area (Å²) in [5.74, 6) is -0.763. The molecule has 2 aliphatic heterocycles. The van der Waals surface area contributed by atoms with Crippen LogP contribution in [0.4, 0.5) is 4.79 Å². The lowest BCUT2D eigenvalue weighted by Gasteiger charge is -2.44. The lowest BCUT2D eigenvalue weighted by atomic mass is 9.77. The second-order valence-corrected chi connectivity index (χ2v) is 7.44. The molecule has 2 saturated heterocycles. The van der Waals surface area contributed by atoms with Crippen LogP contribution in [0.2, 0.25) is 0 Å². The summed E-state index contributed by atoms with van der Waals surface area (Å²) in [6.07, 6.45) is 4.21. The van der Waals surface area contributed by atoms with Gasteiger partial charge >= 0.3 is 12.0 Å². The Kier molecular flexibility index (Phi) is 4.49. The van der Waals surface area contributed by atoms with Gasteiger partial charge in [0.25, 0.3) is 0 Å². The van der Waals surface area contributed by atoms with Crippen molar-refractivity contribution in [1.29, 1.82) is 0 Å². The van der Waals surface area contributed by atoms with Gasteiger partial charge in [-0.3, -0.25) is 4.79 Å². The smallest absolute Gasteiger partial charge is 0.320 e. The Morgan fingerprint density at radius 1 is 1.05 bits per heavy atom. The normalized spacial score (nSPS) is 29.3. The lowest BCUT2D eigenvalue weighted by Crippen LogP contribution is -2.55. The first kappa shape index (κ1) is 16.1. The van der Waals surface area contributed by atoms with E-state index in [4.69, 9.17) is 0 Å². The number of nitrogens with zero attached hydrogens (tertiary/aromatic N) is 2. The van der Waals surface area contributed by atoms with Gasteiger partial charge in [-0.25, -0.2) is 4.79 Å². The Morgan fingerprint density at radius 3 is 2.14 bits per heavy atom. The third-order valence-electron chi connectivity index (χ3n) is 5.15. The van der Waals surface area contributed by atoms with Gasteiger partial charge in [0.15, 0.2) is 0 Å². The van der Waals surface area contributed by atoms with Crippen molar-refractivity contribution >= 4 is 12.0 Å². The zero-order chi connectivity index (χ0) is 15.7. The second-order valence-electron chi connectivity index (χ2n) is 7.44. The van der Waals surface area contributed by atoms with Crippen LogP contribution in [0.25, 0.3) is 0 Å². The number of carboxylic acids is 1. The van der Waals surface area contributed by atoms with E-state index in [1.165, 1.54) is 0 Å². The van der Waals surface area contributed by atoms with Gasteiger partial charge in [0, 0.05) is 26.2 Å². The Bertz CT molecular complexity index is 422. The van der Waals surface area contributed by atoms with Crippen LogP contribution in [-0.4, -0.2) is 53.1 Å². The predicted molar refractivity (Wildman–Crippen MR) is 81.2 cm³/mol. The maximum atomic E-state index is 12.7. The Morgan fingerprint density at radius 2 is 1.62 bits per heavy atom. The molecular weight excluding hydrogens is 268 g/mol. The van der Waals surface area contributed by atoms with E-state index >= 15 is 0 Å². The Hall–Kier alpha value is -1.26. The van der Waals surface area contributed by atoms with Crippen molar-refractivity contribution < 1.29 is 14.7 Å². The van der Waals surface area contributed by atoms with E-state index < -0.39 is 11.4 Å². The minimum atomic E-state index is -0.763. The van der Waals surface area contributed by atoms with E-state index in [0.29, 0.717) is 25.9 Å². The average Bonchev–Trinajstić information content (AvgIpc) is 2.45. The molecule has 0 spiro atoms. The Labute approximate surface area is 127 Å². The monoisotopic (exact) mass is 296 g/mol. The second kappa shape index (κ2) is 5.85. The summed E-state index contributed by atoms with van der Waals surface area (Å²) in [7, 11) is 0. The third kappa shape index (κ3) is 3.33. The quantitative estimate of drug-likeness (QED) is 0.852. The summed E-state index contributed by atoms with van der Waals surface area (Å²) in [6, 6.07) is 0.0292. The first-order valence-electron chi connectivity index (χ1n) is 8.07. The number of hydrogen-bond donors (Lipinski definition) is 1. The number of likely N-dealkylation sites (tertiary alicyclic amines) is 2. The molecule has 2 amide bonds.